The average molecular weight is 276 g/mol. The third kappa shape index (κ3) is 3.45. The molecule has 1 heterocycles. The number of amidine groups is 1. The monoisotopic (exact) mass is 276 g/mol. The van der Waals surface area contributed by atoms with Crippen LogP contribution in [0.2, 0.25) is 0 Å². The Morgan fingerprint density at radius 3 is 2.63 bits per heavy atom. The highest BCUT2D eigenvalue weighted by Crippen LogP contribution is 2.27. The number of rotatable bonds is 2. The maximum Gasteiger partial charge on any atom is 0.286 e. The van der Waals surface area contributed by atoms with E-state index in [0.717, 1.165) is 23.1 Å². The second-order valence-electron chi connectivity index (χ2n) is 3.79. The van der Waals surface area contributed by atoms with Crippen molar-refractivity contribution < 1.29 is 14.3 Å². The van der Waals surface area contributed by atoms with Crippen LogP contribution in [0.4, 0.5) is 0 Å². The highest BCUT2D eigenvalue weighted by atomic mass is 32.2. The minimum atomic E-state index is -0.343. The van der Waals surface area contributed by atoms with Crippen LogP contribution in [-0.2, 0) is 9.59 Å². The molecule has 6 heteroatoms. The van der Waals surface area contributed by atoms with Crippen molar-refractivity contribution in [3.8, 4) is 5.75 Å². The summed E-state index contributed by atoms with van der Waals surface area (Å²) in [4.78, 5) is 26.8. The van der Waals surface area contributed by atoms with Gasteiger partial charge in [-0.3, -0.25) is 9.59 Å². The number of carbonyl (C=O) groups excluding carboxylic acids is 2. The molecule has 19 heavy (non-hydrogen) atoms. The predicted molar refractivity (Wildman–Crippen MR) is 74.8 cm³/mol. The fourth-order valence-corrected chi connectivity index (χ4v) is 2.32. The number of hydrogen-bond acceptors (Lipinski definition) is 4. The number of carbonyl (C=O) groups is 2. The Morgan fingerprint density at radius 2 is 2.05 bits per heavy atom. The molecule has 1 aliphatic heterocycles. The van der Waals surface area contributed by atoms with E-state index in [-0.39, 0.29) is 11.8 Å². The van der Waals surface area contributed by atoms with Gasteiger partial charge in [0.15, 0.2) is 5.17 Å². The van der Waals surface area contributed by atoms with E-state index >= 15 is 0 Å². The van der Waals surface area contributed by atoms with Gasteiger partial charge in [0.25, 0.3) is 5.91 Å². The van der Waals surface area contributed by atoms with Crippen molar-refractivity contribution >= 4 is 34.8 Å². The molecule has 1 aromatic carbocycles. The Bertz CT molecular complexity index is 576. The van der Waals surface area contributed by atoms with Gasteiger partial charge in [0.2, 0.25) is 5.91 Å². The summed E-state index contributed by atoms with van der Waals surface area (Å²) in [6, 6.07) is 7.31. The SMILES string of the molecule is COc1ccc(C=C2SC(NC(C)=O)=NC2=O)cc1. The Kier molecular flexibility index (Phi) is 4.01. The van der Waals surface area contributed by atoms with Crippen molar-refractivity contribution in [2.45, 2.75) is 6.92 Å². The molecule has 98 valence electrons. The molecular formula is C13H12N2O3S. The van der Waals surface area contributed by atoms with Crippen LogP contribution in [0.1, 0.15) is 12.5 Å². The highest BCUT2D eigenvalue weighted by Gasteiger charge is 2.22. The van der Waals surface area contributed by atoms with E-state index in [0.29, 0.717) is 10.1 Å². The standard InChI is InChI=1S/C13H12N2O3S/c1-8(16)14-13-15-12(17)11(19-13)7-9-3-5-10(18-2)6-4-9/h3-7H,1-2H3,(H,14,15,16,17). The minimum Gasteiger partial charge on any atom is -0.497 e. The lowest BCUT2D eigenvalue weighted by Crippen LogP contribution is -2.23. The Balaban J connectivity index is 2.12. The summed E-state index contributed by atoms with van der Waals surface area (Å²) in [6.07, 6.45) is 1.73. The van der Waals surface area contributed by atoms with E-state index in [1.165, 1.54) is 6.92 Å². The average Bonchev–Trinajstić information content (AvgIpc) is 2.69. The van der Waals surface area contributed by atoms with Crippen LogP contribution in [0.5, 0.6) is 5.75 Å². The van der Waals surface area contributed by atoms with Crippen molar-refractivity contribution in [2.75, 3.05) is 7.11 Å². The van der Waals surface area contributed by atoms with Gasteiger partial charge in [-0.15, -0.1) is 0 Å². The third-order valence-corrected chi connectivity index (χ3v) is 3.22. The zero-order chi connectivity index (χ0) is 13.8. The molecule has 0 bridgehead atoms. The molecule has 5 nitrogen and oxygen atoms in total. The van der Waals surface area contributed by atoms with Crippen LogP contribution in [-0.4, -0.2) is 24.1 Å². The zero-order valence-corrected chi connectivity index (χ0v) is 11.3. The number of benzene rings is 1. The number of aliphatic imine (C=N–C) groups is 1. The van der Waals surface area contributed by atoms with Gasteiger partial charge in [-0.1, -0.05) is 12.1 Å². The molecule has 2 rings (SSSR count). The molecule has 1 aliphatic rings. The first kappa shape index (κ1) is 13.4. The number of nitrogens with one attached hydrogen (secondary N) is 1. The van der Waals surface area contributed by atoms with Gasteiger partial charge in [0.1, 0.15) is 5.75 Å². The van der Waals surface area contributed by atoms with E-state index in [1.54, 1.807) is 13.2 Å². The lowest BCUT2D eigenvalue weighted by Gasteiger charge is -2.00. The number of nitrogens with zero attached hydrogens (tertiary/aromatic N) is 1. The van der Waals surface area contributed by atoms with Gasteiger partial charge in [-0.25, -0.2) is 0 Å². The number of ether oxygens (including phenoxy) is 1. The van der Waals surface area contributed by atoms with Crippen molar-refractivity contribution in [1.29, 1.82) is 0 Å². The van der Waals surface area contributed by atoms with Crippen molar-refractivity contribution in [1.82, 2.24) is 5.32 Å². The first-order valence-electron chi connectivity index (χ1n) is 5.52. The molecule has 1 aromatic rings. The molecule has 0 radical (unpaired) electrons. The molecule has 0 fully saturated rings. The van der Waals surface area contributed by atoms with Gasteiger partial charge in [0.05, 0.1) is 12.0 Å². The smallest absolute Gasteiger partial charge is 0.286 e. The maximum absolute atomic E-state index is 11.6. The first-order valence-corrected chi connectivity index (χ1v) is 6.34. The molecule has 0 saturated heterocycles. The Labute approximate surface area is 114 Å². The summed E-state index contributed by atoms with van der Waals surface area (Å²) in [5.41, 5.74) is 0.871. The number of hydrogen-bond donors (Lipinski definition) is 1. The summed E-state index contributed by atoms with van der Waals surface area (Å²) < 4.78 is 5.06. The van der Waals surface area contributed by atoms with Crippen LogP contribution in [0.25, 0.3) is 6.08 Å². The van der Waals surface area contributed by atoms with Crippen molar-refractivity contribution in [2.24, 2.45) is 4.99 Å². The molecule has 0 aliphatic carbocycles. The lowest BCUT2D eigenvalue weighted by molar-refractivity contribution is -0.117. The molecular weight excluding hydrogens is 264 g/mol. The normalized spacial score (nSPS) is 16.4. The van der Waals surface area contributed by atoms with Crippen LogP contribution in [0, 0.1) is 0 Å². The predicted octanol–water partition coefficient (Wildman–Crippen LogP) is 1.80. The molecule has 0 aromatic heterocycles. The molecule has 1 N–H and O–H groups in total. The van der Waals surface area contributed by atoms with Crippen LogP contribution < -0.4 is 10.1 Å². The zero-order valence-electron chi connectivity index (χ0n) is 10.5. The minimum absolute atomic E-state index is 0.246. The van der Waals surface area contributed by atoms with E-state index in [1.807, 2.05) is 24.3 Å². The molecule has 2 amide bonds. The third-order valence-electron chi connectivity index (χ3n) is 2.32. The van der Waals surface area contributed by atoms with Crippen LogP contribution >= 0.6 is 11.8 Å². The van der Waals surface area contributed by atoms with E-state index in [4.69, 9.17) is 4.74 Å². The van der Waals surface area contributed by atoms with Gasteiger partial charge >= 0.3 is 0 Å². The van der Waals surface area contributed by atoms with Crippen LogP contribution in [0.3, 0.4) is 0 Å². The van der Waals surface area contributed by atoms with E-state index in [9.17, 15) is 9.59 Å². The first-order chi connectivity index (χ1) is 9.08. The van der Waals surface area contributed by atoms with E-state index < -0.39 is 0 Å². The fraction of sp³-hybridized carbons (Fsp3) is 0.154. The van der Waals surface area contributed by atoms with Gasteiger partial charge < -0.3 is 10.1 Å². The topological polar surface area (TPSA) is 67.8 Å². The van der Waals surface area contributed by atoms with Crippen molar-refractivity contribution in [3.05, 3.63) is 34.7 Å². The Hall–Kier alpha value is -2.08. The fourth-order valence-electron chi connectivity index (χ4n) is 1.46. The lowest BCUT2D eigenvalue weighted by atomic mass is 10.2. The molecule has 0 saturated carbocycles. The van der Waals surface area contributed by atoms with Gasteiger partial charge in [0, 0.05) is 6.92 Å². The Morgan fingerprint density at radius 1 is 1.37 bits per heavy atom. The second kappa shape index (κ2) is 5.71. The molecule has 0 atom stereocenters. The summed E-state index contributed by atoms with van der Waals surface area (Å²) in [5, 5.41) is 2.82. The van der Waals surface area contributed by atoms with E-state index in [2.05, 4.69) is 10.3 Å². The second-order valence-corrected chi connectivity index (χ2v) is 4.82. The summed E-state index contributed by atoms with van der Waals surface area (Å²) in [7, 11) is 1.59. The van der Waals surface area contributed by atoms with Gasteiger partial charge in [-0.2, -0.15) is 4.99 Å². The summed E-state index contributed by atoms with van der Waals surface area (Å²) in [6.45, 7) is 1.37. The van der Waals surface area contributed by atoms with Crippen molar-refractivity contribution in [3.63, 3.8) is 0 Å². The maximum atomic E-state index is 11.6. The highest BCUT2D eigenvalue weighted by molar-refractivity contribution is 8.18. The molecule has 0 spiro atoms. The number of thioether (sulfide) groups is 1. The number of methoxy groups -OCH3 is 1. The summed E-state index contributed by atoms with van der Waals surface area (Å²) in [5.74, 6) is 0.164. The van der Waals surface area contributed by atoms with Gasteiger partial charge in [-0.05, 0) is 35.5 Å². The number of amides is 2. The quantitative estimate of drug-likeness (QED) is 0.836. The summed E-state index contributed by atoms with van der Waals surface area (Å²) >= 11 is 1.15. The van der Waals surface area contributed by atoms with Crippen LogP contribution in [0.15, 0.2) is 34.2 Å². The molecule has 0 unspecified atom stereocenters. The largest absolute Gasteiger partial charge is 0.497 e.